The summed E-state index contributed by atoms with van der Waals surface area (Å²) in [5.41, 5.74) is 4.08. The van der Waals surface area contributed by atoms with E-state index in [1.807, 2.05) is 0 Å². The summed E-state index contributed by atoms with van der Waals surface area (Å²) < 4.78 is 2.24. The molecule has 0 radical (unpaired) electrons. The number of aromatic nitrogens is 1. The predicted molar refractivity (Wildman–Crippen MR) is 69.7 cm³/mol. The maximum atomic E-state index is 3.48. The summed E-state index contributed by atoms with van der Waals surface area (Å²) in [5, 5.41) is 5.60. The van der Waals surface area contributed by atoms with Gasteiger partial charge in [0, 0.05) is 36.4 Å². The van der Waals surface area contributed by atoms with E-state index in [0.717, 1.165) is 13.1 Å². The zero-order valence-corrected chi connectivity index (χ0v) is 10.9. The lowest BCUT2D eigenvalue weighted by molar-refractivity contribution is 0.694. The van der Waals surface area contributed by atoms with E-state index in [2.05, 4.69) is 54.4 Å². The average Bonchev–Trinajstić information content (AvgIpc) is 2.85. The van der Waals surface area contributed by atoms with Crippen LogP contribution in [0.15, 0.2) is 23.6 Å². The highest BCUT2D eigenvalue weighted by molar-refractivity contribution is 7.09. The summed E-state index contributed by atoms with van der Waals surface area (Å²) in [7, 11) is 2.12. The number of thiophene rings is 1. The van der Waals surface area contributed by atoms with Crippen molar-refractivity contribution in [2.24, 2.45) is 7.05 Å². The Morgan fingerprint density at radius 3 is 2.69 bits per heavy atom. The summed E-state index contributed by atoms with van der Waals surface area (Å²) in [6.45, 7) is 6.24. The van der Waals surface area contributed by atoms with Crippen molar-refractivity contribution in [3.05, 3.63) is 45.4 Å². The minimum atomic E-state index is 0.950. The molecule has 0 aliphatic carbocycles. The first kappa shape index (κ1) is 11.4. The molecule has 0 bridgehead atoms. The Kier molecular flexibility index (Phi) is 3.46. The molecule has 0 amide bonds. The van der Waals surface area contributed by atoms with Crippen molar-refractivity contribution in [1.29, 1.82) is 0 Å². The van der Waals surface area contributed by atoms with Crippen LogP contribution >= 0.6 is 11.3 Å². The van der Waals surface area contributed by atoms with E-state index in [1.165, 1.54) is 21.8 Å². The van der Waals surface area contributed by atoms with E-state index < -0.39 is 0 Å². The van der Waals surface area contributed by atoms with Crippen LogP contribution in [0, 0.1) is 13.8 Å². The van der Waals surface area contributed by atoms with E-state index in [9.17, 15) is 0 Å². The van der Waals surface area contributed by atoms with Gasteiger partial charge in [0.1, 0.15) is 0 Å². The zero-order valence-electron chi connectivity index (χ0n) is 10.1. The monoisotopic (exact) mass is 234 g/mol. The highest BCUT2D eigenvalue weighted by Gasteiger charge is 2.05. The molecule has 2 nitrogen and oxygen atoms in total. The van der Waals surface area contributed by atoms with E-state index in [4.69, 9.17) is 0 Å². The van der Waals surface area contributed by atoms with Crippen LogP contribution in [0.4, 0.5) is 0 Å². The maximum Gasteiger partial charge on any atom is 0.0302 e. The molecule has 2 heterocycles. The summed E-state index contributed by atoms with van der Waals surface area (Å²) in [5.74, 6) is 0. The third kappa shape index (κ3) is 2.36. The van der Waals surface area contributed by atoms with Crippen LogP contribution < -0.4 is 5.32 Å². The molecular formula is C13H18N2S. The Bertz CT molecular complexity index is 454. The molecule has 2 rings (SSSR count). The molecule has 1 N–H and O–H groups in total. The van der Waals surface area contributed by atoms with Gasteiger partial charge in [-0.2, -0.15) is 0 Å². The molecule has 0 unspecified atom stereocenters. The van der Waals surface area contributed by atoms with Gasteiger partial charge in [0.25, 0.3) is 0 Å². The normalized spacial score (nSPS) is 10.9. The molecular weight excluding hydrogens is 216 g/mol. The Morgan fingerprint density at radius 1 is 1.31 bits per heavy atom. The van der Waals surface area contributed by atoms with Gasteiger partial charge in [-0.1, -0.05) is 6.07 Å². The fourth-order valence-electron chi connectivity index (χ4n) is 1.85. The molecule has 0 saturated heterocycles. The van der Waals surface area contributed by atoms with Crippen molar-refractivity contribution >= 4 is 11.3 Å². The largest absolute Gasteiger partial charge is 0.352 e. The minimum absolute atomic E-state index is 0.950. The second kappa shape index (κ2) is 4.85. The molecule has 0 spiro atoms. The molecule has 0 aliphatic heterocycles. The Balaban J connectivity index is 1.92. The molecule has 16 heavy (non-hydrogen) atoms. The van der Waals surface area contributed by atoms with Crippen molar-refractivity contribution < 1.29 is 0 Å². The minimum Gasteiger partial charge on any atom is -0.352 e. The Morgan fingerprint density at radius 2 is 2.12 bits per heavy atom. The van der Waals surface area contributed by atoms with Crippen LogP contribution in [-0.2, 0) is 20.1 Å². The van der Waals surface area contributed by atoms with Gasteiger partial charge in [0.15, 0.2) is 0 Å². The van der Waals surface area contributed by atoms with E-state index in [-0.39, 0.29) is 0 Å². The number of nitrogens with zero attached hydrogens (tertiary/aromatic N) is 1. The first-order chi connectivity index (χ1) is 7.68. The summed E-state index contributed by atoms with van der Waals surface area (Å²) in [6, 6.07) is 6.52. The van der Waals surface area contributed by atoms with E-state index in [1.54, 1.807) is 11.3 Å². The SMILES string of the molecule is Cc1cc(CNCc2cccs2)c(C)n1C. The third-order valence-electron chi connectivity index (χ3n) is 3.07. The van der Waals surface area contributed by atoms with Crippen molar-refractivity contribution in [3.63, 3.8) is 0 Å². The molecule has 0 aromatic carbocycles. The van der Waals surface area contributed by atoms with Gasteiger partial charge in [-0.25, -0.2) is 0 Å². The van der Waals surface area contributed by atoms with Gasteiger partial charge in [-0.15, -0.1) is 11.3 Å². The first-order valence-corrected chi connectivity index (χ1v) is 6.41. The fraction of sp³-hybridized carbons (Fsp3) is 0.385. The molecule has 0 atom stereocenters. The second-order valence-electron chi connectivity index (χ2n) is 4.14. The van der Waals surface area contributed by atoms with Crippen molar-refractivity contribution in [1.82, 2.24) is 9.88 Å². The average molecular weight is 234 g/mol. The van der Waals surface area contributed by atoms with Crippen molar-refractivity contribution in [3.8, 4) is 0 Å². The highest BCUT2D eigenvalue weighted by Crippen LogP contribution is 2.13. The summed E-state index contributed by atoms with van der Waals surface area (Å²) >= 11 is 1.80. The van der Waals surface area contributed by atoms with Crippen LogP contribution in [0.3, 0.4) is 0 Å². The second-order valence-corrected chi connectivity index (χ2v) is 5.17. The van der Waals surface area contributed by atoms with E-state index in [0.29, 0.717) is 0 Å². The number of nitrogens with one attached hydrogen (secondary N) is 1. The molecule has 2 aromatic rings. The molecule has 0 saturated carbocycles. The fourth-order valence-corrected chi connectivity index (χ4v) is 2.52. The maximum absolute atomic E-state index is 3.48. The number of hydrogen-bond donors (Lipinski definition) is 1. The lowest BCUT2D eigenvalue weighted by Gasteiger charge is -2.04. The third-order valence-corrected chi connectivity index (χ3v) is 3.95. The lowest BCUT2D eigenvalue weighted by Crippen LogP contribution is -2.12. The van der Waals surface area contributed by atoms with Gasteiger partial charge in [-0.05, 0) is 36.9 Å². The summed E-state index contributed by atoms with van der Waals surface area (Å²) in [4.78, 5) is 1.39. The number of rotatable bonds is 4. The van der Waals surface area contributed by atoms with Crippen LogP contribution in [0.5, 0.6) is 0 Å². The van der Waals surface area contributed by atoms with Gasteiger partial charge in [0.05, 0.1) is 0 Å². The lowest BCUT2D eigenvalue weighted by atomic mass is 10.2. The van der Waals surface area contributed by atoms with Crippen LogP contribution in [0.1, 0.15) is 21.8 Å². The van der Waals surface area contributed by atoms with Gasteiger partial charge < -0.3 is 9.88 Å². The quantitative estimate of drug-likeness (QED) is 0.860. The number of aryl methyl sites for hydroxylation is 1. The molecule has 3 heteroatoms. The van der Waals surface area contributed by atoms with Crippen LogP contribution in [-0.4, -0.2) is 4.57 Å². The Labute approximate surface area is 101 Å². The molecule has 86 valence electrons. The zero-order chi connectivity index (χ0) is 11.5. The van der Waals surface area contributed by atoms with Gasteiger partial charge in [0.2, 0.25) is 0 Å². The van der Waals surface area contributed by atoms with Crippen molar-refractivity contribution in [2.75, 3.05) is 0 Å². The topological polar surface area (TPSA) is 17.0 Å². The van der Waals surface area contributed by atoms with Crippen LogP contribution in [0.2, 0.25) is 0 Å². The van der Waals surface area contributed by atoms with Gasteiger partial charge in [-0.3, -0.25) is 0 Å². The summed E-state index contributed by atoms with van der Waals surface area (Å²) in [6.07, 6.45) is 0. The molecule has 0 aliphatic rings. The smallest absolute Gasteiger partial charge is 0.0302 e. The van der Waals surface area contributed by atoms with Crippen LogP contribution in [0.25, 0.3) is 0 Å². The predicted octanol–water partition coefficient (Wildman–Crippen LogP) is 2.99. The standard InChI is InChI=1S/C13H18N2S/c1-10-7-12(11(2)15(10)3)8-14-9-13-5-4-6-16-13/h4-7,14H,8-9H2,1-3H3. The first-order valence-electron chi connectivity index (χ1n) is 5.53. The molecule has 0 fully saturated rings. The molecule has 2 aromatic heterocycles. The highest BCUT2D eigenvalue weighted by atomic mass is 32.1. The van der Waals surface area contributed by atoms with Gasteiger partial charge >= 0.3 is 0 Å². The number of hydrogen-bond acceptors (Lipinski definition) is 2. The van der Waals surface area contributed by atoms with Crippen molar-refractivity contribution in [2.45, 2.75) is 26.9 Å². The van der Waals surface area contributed by atoms with E-state index >= 15 is 0 Å². The Hall–Kier alpha value is -1.06.